The Hall–Kier alpha value is -1.59. The Morgan fingerprint density at radius 1 is 1.37 bits per heavy atom. The normalized spacial score (nSPS) is 13.8. The molecular formula is C14H22N2O3. The van der Waals surface area contributed by atoms with Crippen molar-refractivity contribution >= 4 is 5.91 Å². The van der Waals surface area contributed by atoms with E-state index in [1.807, 2.05) is 24.3 Å². The number of primary amides is 1. The van der Waals surface area contributed by atoms with Gasteiger partial charge in [0.2, 0.25) is 5.91 Å². The minimum atomic E-state index is -0.978. The summed E-state index contributed by atoms with van der Waals surface area (Å²) in [5, 5.41) is 8.80. The van der Waals surface area contributed by atoms with Gasteiger partial charge >= 0.3 is 0 Å². The van der Waals surface area contributed by atoms with Crippen LogP contribution in [0.15, 0.2) is 24.3 Å². The van der Waals surface area contributed by atoms with E-state index in [2.05, 4.69) is 0 Å². The van der Waals surface area contributed by atoms with Crippen molar-refractivity contribution in [3.63, 3.8) is 0 Å². The first-order valence-electron chi connectivity index (χ1n) is 6.37. The number of carbonyl (C=O) groups is 1. The van der Waals surface area contributed by atoms with Gasteiger partial charge in [0.05, 0.1) is 12.1 Å². The molecule has 1 amide bonds. The molecule has 5 nitrogen and oxygen atoms in total. The molecule has 1 rings (SSSR count). The highest BCUT2D eigenvalue weighted by molar-refractivity contribution is 5.83. The largest absolute Gasteiger partial charge is 0.494 e. The molecule has 0 saturated carbocycles. The fourth-order valence-electron chi connectivity index (χ4n) is 1.63. The Kier molecular flexibility index (Phi) is 5.79. The van der Waals surface area contributed by atoms with Crippen LogP contribution >= 0.6 is 0 Å². The number of amides is 1. The molecule has 0 heterocycles. The second-order valence-electron chi connectivity index (χ2n) is 4.85. The molecular weight excluding hydrogens is 244 g/mol. The van der Waals surface area contributed by atoms with Crippen LogP contribution in [0.5, 0.6) is 5.75 Å². The summed E-state index contributed by atoms with van der Waals surface area (Å²) < 4.78 is 5.54. The van der Waals surface area contributed by atoms with Crippen molar-refractivity contribution in [3.05, 3.63) is 29.8 Å². The van der Waals surface area contributed by atoms with Gasteiger partial charge in [-0.2, -0.15) is 0 Å². The average molecular weight is 266 g/mol. The van der Waals surface area contributed by atoms with Crippen molar-refractivity contribution in [3.8, 4) is 5.75 Å². The summed E-state index contributed by atoms with van der Waals surface area (Å²) in [7, 11) is 0. The van der Waals surface area contributed by atoms with Crippen molar-refractivity contribution in [1.29, 1.82) is 0 Å². The third-order valence-electron chi connectivity index (χ3n) is 3.00. The van der Waals surface area contributed by atoms with E-state index in [-0.39, 0.29) is 6.61 Å². The highest BCUT2D eigenvalue weighted by Gasteiger charge is 2.24. The van der Waals surface area contributed by atoms with E-state index in [1.54, 1.807) is 6.92 Å². The summed E-state index contributed by atoms with van der Waals surface area (Å²) in [6, 6.07) is 7.56. The number of hydrogen-bond acceptors (Lipinski definition) is 4. The Morgan fingerprint density at radius 2 is 2.00 bits per heavy atom. The van der Waals surface area contributed by atoms with Crippen LogP contribution in [0.4, 0.5) is 0 Å². The van der Waals surface area contributed by atoms with E-state index in [0.29, 0.717) is 25.9 Å². The molecule has 0 fully saturated rings. The summed E-state index contributed by atoms with van der Waals surface area (Å²) in [6.07, 6.45) is 1.80. The minimum Gasteiger partial charge on any atom is -0.494 e. The number of ether oxygens (including phenoxy) is 1. The molecule has 106 valence electrons. The first-order valence-corrected chi connectivity index (χ1v) is 6.37. The zero-order chi connectivity index (χ0) is 14.3. The zero-order valence-corrected chi connectivity index (χ0v) is 11.3. The van der Waals surface area contributed by atoms with Gasteiger partial charge in [0.15, 0.2) is 0 Å². The molecule has 0 saturated heterocycles. The van der Waals surface area contributed by atoms with Crippen LogP contribution in [0.1, 0.15) is 25.3 Å². The Morgan fingerprint density at radius 3 is 2.53 bits per heavy atom. The highest BCUT2D eigenvalue weighted by atomic mass is 16.5. The third-order valence-corrected chi connectivity index (χ3v) is 3.00. The summed E-state index contributed by atoms with van der Waals surface area (Å²) in [6.45, 7) is 2.25. The molecule has 5 N–H and O–H groups in total. The smallest absolute Gasteiger partial charge is 0.237 e. The fourth-order valence-corrected chi connectivity index (χ4v) is 1.63. The SMILES string of the molecule is CC(N)(CCCOc1ccc(CCO)cc1)C(N)=O. The molecule has 1 aromatic rings. The van der Waals surface area contributed by atoms with Gasteiger partial charge < -0.3 is 21.3 Å². The third kappa shape index (κ3) is 5.28. The van der Waals surface area contributed by atoms with Crippen molar-refractivity contribution in [2.75, 3.05) is 13.2 Å². The van der Waals surface area contributed by atoms with Gasteiger partial charge in [-0.15, -0.1) is 0 Å². The number of aliphatic hydroxyl groups is 1. The van der Waals surface area contributed by atoms with Gasteiger partial charge in [0.1, 0.15) is 5.75 Å². The molecule has 0 aliphatic carbocycles. The van der Waals surface area contributed by atoms with Crippen LogP contribution in [-0.4, -0.2) is 29.8 Å². The zero-order valence-electron chi connectivity index (χ0n) is 11.3. The van der Waals surface area contributed by atoms with Crippen LogP contribution in [0.2, 0.25) is 0 Å². The van der Waals surface area contributed by atoms with Gasteiger partial charge in [0, 0.05) is 6.61 Å². The number of nitrogens with two attached hydrogens (primary N) is 2. The molecule has 0 aromatic heterocycles. The van der Waals surface area contributed by atoms with E-state index >= 15 is 0 Å². The average Bonchev–Trinajstić information content (AvgIpc) is 2.37. The molecule has 5 heteroatoms. The number of benzene rings is 1. The lowest BCUT2D eigenvalue weighted by molar-refractivity contribution is -0.122. The number of carbonyl (C=O) groups excluding carboxylic acids is 1. The Labute approximate surface area is 113 Å². The molecule has 0 aliphatic rings. The standard InChI is InChI=1S/C14H22N2O3/c1-14(16,13(15)18)8-2-10-19-12-5-3-11(4-6-12)7-9-17/h3-6,17H,2,7-10,16H2,1H3,(H2,15,18). The molecule has 0 bridgehead atoms. The minimum absolute atomic E-state index is 0.141. The van der Waals surface area contributed by atoms with E-state index in [4.69, 9.17) is 21.3 Å². The number of hydrogen-bond donors (Lipinski definition) is 3. The molecule has 1 unspecified atom stereocenters. The Balaban J connectivity index is 2.31. The number of rotatable bonds is 8. The van der Waals surface area contributed by atoms with Crippen molar-refractivity contribution in [1.82, 2.24) is 0 Å². The summed E-state index contributed by atoms with van der Waals surface area (Å²) in [5.41, 5.74) is 11.0. The predicted octanol–water partition coefficient (Wildman–Crippen LogP) is 0.583. The molecule has 1 atom stereocenters. The van der Waals surface area contributed by atoms with Gasteiger partial charge in [0.25, 0.3) is 0 Å². The molecule has 1 aromatic carbocycles. The summed E-state index contributed by atoms with van der Waals surface area (Å²) in [4.78, 5) is 11.0. The van der Waals surface area contributed by atoms with Crippen LogP contribution < -0.4 is 16.2 Å². The van der Waals surface area contributed by atoms with Crippen LogP contribution in [0, 0.1) is 0 Å². The van der Waals surface area contributed by atoms with Gasteiger partial charge in [-0.05, 0) is 43.9 Å². The second kappa shape index (κ2) is 7.11. The first-order chi connectivity index (χ1) is 8.95. The van der Waals surface area contributed by atoms with Gasteiger partial charge in [-0.3, -0.25) is 4.79 Å². The van der Waals surface area contributed by atoms with Crippen molar-refractivity contribution in [2.24, 2.45) is 11.5 Å². The lowest BCUT2D eigenvalue weighted by Gasteiger charge is -2.20. The Bertz CT molecular complexity index is 402. The van der Waals surface area contributed by atoms with E-state index < -0.39 is 11.4 Å². The quantitative estimate of drug-likeness (QED) is 0.599. The molecule has 0 aliphatic heterocycles. The van der Waals surface area contributed by atoms with Gasteiger partial charge in [-0.1, -0.05) is 12.1 Å². The van der Waals surface area contributed by atoms with Crippen LogP contribution in [-0.2, 0) is 11.2 Å². The topological polar surface area (TPSA) is 98.6 Å². The number of aliphatic hydroxyl groups excluding tert-OH is 1. The van der Waals surface area contributed by atoms with Crippen LogP contribution in [0.25, 0.3) is 0 Å². The van der Waals surface area contributed by atoms with E-state index in [9.17, 15) is 4.79 Å². The molecule has 0 radical (unpaired) electrons. The predicted molar refractivity (Wildman–Crippen MR) is 73.7 cm³/mol. The maximum absolute atomic E-state index is 11.0. The summed E-state index contributed by atoms with van der Waals surface area (Å²) >= 11 is 0. The fraction of sp³-hybridized carbons (Fsp3) is 0.500. The second-order valence-corrected chi connectivity index (χ2v) is 4.85. The maximum Gasteiger partial charge on any atom is 0.237 e. The lowest BCUT2D eigenvalue weighted by atomic mass is 9.97. The van der Waals surface area contributed by atoms with Crippen molar-refractivity contribution in [2.45, 2.75) is 31.7 Å². The highest BCUT2D eigenvalue weighted by Crippen LogP contribution is 2.14. The van der Waals surface area contributed by atoms with Gasteiger partial charge in [-0.25, -0.2) is 0 Å². The summed E-state index contributed by atoms with van der Waals surface area (Å²) in [5.74, 6) is 0.264. The monoisotopic (exact) mass is 266 g/mol. The first kappa shape index (κ1) is 15.5. The lowest BCUT2D eigenvalue weighted by Crippen LogP contribution is -2.49. The molecule has 19 heavy (non-hydrogen) atoms. The van der Waals surface area contributed by atoms with Crippen LogP contribution in [0.3, 0.4) is 0 Å². The maximum atomic E-state index is 11.0. The van der Waals surface area contributed by atoms with Crippen molar-refractivity contribution < 1.29 is 14.6 Å². The molecule has 0 spiro atoms. The van der Waals surface area contributed by atoms with E-state index in [0.717, 1.165) is 11.3 Å². The van der Waals surface area contributed by atoms with E-state index in [1.165, 1.54) is 0 Å².